The topological polar surface area (TPSA) is 41.5 Å². The third kappa shape index (κ3) is 2.32. The minimum atomic E-state index is 0.278. The minimum absolute atomic E-state index is 0.278. The molecule has 3 heteroatoms. The molecule has 1 saturated carbocycles. The third-order valence-corrected chi connectivity index (χ3v) is 4.15. The van der Waals surface area contributed by atoms with Gasteiger partial charge in [-0.1, -0.05) is 19.8 Å². The van der Waals surface area contributed by atoms with E-state index in [9.17, 15) is 5.11 Å². The summed E-state index contributed by atoms with van der Waals surface area (Å²) in [6.07, 6.45) is 5.23. The molecular formula is C15H21NO2. The first-order chi connectivity index (χ1) is 8.72. The lowest BCUT2D eigenvalue weighted by atomic mass is 9.86. The van der Waals surface area contributed by atoms with Gasteiger partial charge in [0.25, 0.3) is 0 Å². The molecule has 3 nitrogen and oxygen atoms in total. The van der Waals surface area contributed by atoms with Gasteiger partial charge in [0.2, 0.25) is 0 Å². The largest absolute Gasteiger partial charge is 0.508 e. The molecule has 0 amide bonds. The molecule has 0 spiro atoms. The third-order valence-electron chi connectivity index (χ3n) is 4.15. The second-order valence-corrected chi connectivity index (χ2v) is 5.72. The predicted octanol–water partition coefficient (Wildman–Crippen LogP) is 2.99. The zero-order valence-electron chi connectivity index (χ0n) is 10.9. The highest BCUT2D eigenvalue weighted by Gasteiger charge is 2.28. The van der Waals surface area contributed by atoms with Gasteiger partial charge in [0.05, 0.1) is 6.04 Å². The van der Waals surface area contributed by atoms with Crippen LogP contribution in [0.2, 0.25) is 0 Å². The van der Waals surface area contributed by atoms with E-state index >= 15 is 0 Å². The van der Waals surface area contributed by atoms with E-state index in [1.807, 2.05) is 6.07 Å². The van der Waals surface area contributed by atoms with E-state index < -0.39 is 0 Å². The van der Waals surface area contributed by atoms with Crippen LogP contribution in [0.15, 0.2) is 18.2 Å². The number of fused-ring (bicyclic) bond motifs is 1. The van der Waals surface area contributed by atoms with E-state index in [1.54, 1.807) is 12.1 Å². The molecule has 1 aromatic rings. The molecule has 1 aliphatic heterocycles. The van der Waals surface area contributed by atoms with Gasteiger partial charge in [0.15, 0.2) is 0 Å². The molecule has 0 radical (unpaired) electrons. The number of rotatable bonds is 2. The molecule has 2 N–H and O–H groups in total. The van der Waals surface area contributed by atoms with Crippen molar-refractivity contribution in [3.8, 4) is 11.5 Å². The van der Waals surface area contributed by atoms with Crippen LogP contribution in [0.5, 0.6) is 11.5 Å². The maximum absolute atomic E-state index is 9.44. The van der Waals surface area contributed by atoms with Crippen molar-refractivity contribution < 1.29 is 9.84 Å². The summed E-state index contributed by atoms with van der Waals surface area (Å²) in [6.45, 7) is 3.02. The van der Waals surface area contributed by atoms with Gasteiger partial charge in [0, 0.05) is 17.7 Å². The fourth-order valence-corrected chi connectivity index (χ4v) is 3.21. The molecule has 1 fully saturated rings. The Hall–Kier alpha value is -1.22. The van der Waals surface area contributed by atoms with Crippen molar-refractivity contribution in [3.63, 3.8) is 0 Å². The Labute approximate surface area is 108 Å². The van der Waals surface area contributed by atoms with Crippen LogP contribution in [-0.2, 0) is 0 Å². The lowest BCUT2D eigenvalue weighted by molar-refractivity contribution is 0.250. The molecule has 98 valence electrons. The lowest BCUT2D eigenvalue weighted by Crippen LogP contribution is -2.37. The molecule has 0 bridgehead atoms. The highest BCUT2D eigenvalue weighted by molar-refractivity contribution is 5.44. The van der Waals surface area contributed by atoms with Crippen molar-refractivity contribution in [1.29, 1.82) is 0 Å². The van der Waals surface area contributed by atoms with Crippen LogP contribution in [-0.4, -0.2) is 17.8 Å². The van der Waals surface area contributed by atoms with Crippen molar-refractivity contribution in [2.45, 2.75) is 44.7 Å². The highest BCUT2D eigenvalue weighted by Crippen LogP contribution is 2.36. The van der Waals surface area contributed by atoms with Crippen LogP contribution in [0.1, 0.15) is 44.2 Å². The number of nitrogens with one attached hydrogen (secondary N) is 1. The Balaban J connectivity index is 1.69. The summed E-state index contributed by atoms with van der Waals surface area (Å²) in [5.41, 5.74) is 1.19. The Morgan fingerprint density at radius 1 is 1.33 bits per heavy atom. The Morgan fingerprint density at radius 3 is 3.06 bits per heavy atom. The SMILES string of the molecule is CC1CCCC(NC2COc3cc(O)ccc32)C1. The van der Waals surface area contributed by atoms with Gasteiger partial charge in [-0.05, 0) is 30.9 Å². The number of benzene rings is 1. The van der Waals surface area contributed by atoms with Gasteiger partial charge in [-0.2, -0.15) is 0 Å². The average Bonchev–Trinajstić information content (AvgIpc) is 2.72. The van der Waals surface area contributed by atoms with Crippen molar-refractivity contribution in [2.24, 2.45) is 5.92 Å². The normalized spacial score (nSPS) is 30.8. The maximum Gasteiger partial charge on any atom is 0.127 e. The van der Waals surface area contributed by atoms with Crippen molar-refractivity contribution in [3.05, 3.63) is 23.8 Å². The van der Waals surface area contributed by atoms with Gasteiger partial charge in [-0.25, -0.2) is 0 Å². The first kappa shape index (κ1) is 11.8. The van der Waals surface area contributed by atoms with E-state index in [0.717, 1.165) is 11.7 Å². The zero-order valence-corrected chi connectivity index (χ0v) is 10.9. The fourth-order valence-electron chi connectivity index (χ4n) is 3.21. The van der Waals surface area contributed by atoms with Crippen molar-refractivity contribution in [1.82, 2.24) is 5.32 Å². The molecule has 3 atom stereocenters. The molecule has 0 saturated heterocycles. The summed E-state index contributed by atoms with van der Waals surface area (Å²) in [7, 11) is 0. The quantitative estimate of drug-likeness (QED) is 0.844. The monoisotopic (exact) mass is 247 g/mol. The van der Waals surface area contributed by atoms with E-state index in [0.29, 0.717) is 12.6 Å². The molecule has 2 aliphatic rings. The minimum Gasteiger partial charge on any atom is -0.508 e. The van der Waals surface area contributed by atoms with Crippen molar-refractivity contribution in [2.75, 3.05) is 6.61 Å². The molecule has 0 aromatic heterocycles. The van der Waals surface area contributed by atoms with Crippen LogP contribution in [0.25, 0.3) is 0 Å². The Kier molecular flexibility index (Phi) is 3.16. The first-order valence-corrected chi connectivity index (χ1v) is 6.94. The second kappa shape index (κ2) is 4.81. The van der Waals surface area contributed by atoms with E-state index in [1.165, 1.54) is 31.2 Å². The van der Waals surface area contributed by atoms with E-state index in [2.05, 4.69) is 12.2 Å². The zero-order chi connectivity index (χ0) is 12.5. The number of hydrogen-bond acceptors (Lipinski definition) is 3. The summed E-state index contributed by atoms with van der Waals surface area (Å²) < 4.78 is 5.64. The Morgan fingerprint density at radius 2 is 2.22 bits per heavy atom. The van der Waals surface area contributed by atoms with Gasteiger partial charge in [0.1, 0.15) is 18.1 Å². The number of aromatic hydroxyl groups is 1. The standard InChI is InChI=1S/C15H21NO2/c1-10-3-2-4-11(7-10)16-14-9-18-15-8-12(17)5-6-13(14)15/h5-6,8,10-11,14,16-17H,2-4,7,9H2,1H3. The fraction of sp³-hybridized carbons (Fsp3) is 0.600. The number of phenolic OH excluding ortho intramolecular Hbond substituents is 1. The number of ether oxygens (including phenoxy) is 1. The summed E-state index contributed by atoms with van der Waals surface area (Å²) >= 11 is 0. The number of phenols is 1. The molecule has 18 heavy (non-hydrogen) atoms. The van der Waals surface area contributed by atoms with Gasteiger partial charge in [-0.15, -0.1) is 0 Å². The molecule has 3 unspecified atom stereocenters. The first-order valence-electron chi connectivity index (χ1n) is 6.94. The summed E-state index contributed by atoms with van der Waals surface area (Å²) in [5, 5.41) is 13.2. The summed E-state index contributed by atoms with van der Waals surface area (Å²) in [4.78, 5) is 0. The highest BCUT2D eigenvalue weighted by atomic mass is 16.5. The van der Waals surface area contributed by atoms with Crippen LogP contribution < -0.4 is 10.1 Å². The smallest absolute Gasteiger partial charge is 0.127 e. The maximum atomic E-state index is 9.44. The molecule has 1 aromatic carbocycles. The summed E-state index contributed by atoms with van der Waals surface area (Å²) in [5.74, 6) is 1.94. The van der Waals surface area contributed by atoms with Gasteiger partial charge >= 0.3 is 0 Å². The molecule has 1 heterocycles. The predicted molar refractivity (Wildman–Crippen MR) is 70.9 cm³/mol. The van der Waals surface area contributed by atoms with Gasteiger partial charge in [-0.3, -0.25) is 0 Å². The van der Waals surface area contributed by atoms with Crippen LogP contribution in [0, 0.1) is 5.92 Å². The van der Waals surface area contributed by atoms with E-state index in [4.69, 9.17) is 4.74 Å². The second-order valence-electron chi connectivity index (χ2n) is 5.72. The van der Waals surface area contributed by atoms with Crippen LogP contribution in [0.3, 0.4) is 0 Å². The molecule has 3 rings (SSSR count). The molecule has 1 aliphatic carbocycles. The van der Waals surface area contributed by atoms with Gasteiger partial charge < -0.3 is 15.2 Å². The van der Waals surface area contributed by atoms with Crippen LogP contribution >= 0.6 is 0 Å². The van der Waals surface area contributed by atoms with Crippen LogP contribution in [0.4, 0.5) is 0 Å². The van der Waals surface area contributed by atoms with Crippen molar-refractivity contribution >= 4 is 0 Å². The number of hydrogen-bond donors (Lipinski definition) is 2. The average molecular weight is 247 g/mol. The Bertz CT molecular complexity index is 433. The van der Waals surface area contributed by atoms with E-state index in [-0.39, 0.29) is 11.8 Å². The lowest BCUT2D eigenvalue weighted by Gasteiger charge is -2.29. The summed E-state index contributed by atoms with van der Waals surface area (Å²) in [6, 6.07) is 6.33. The molecular weight excluding hydrogens is 226 g/mol.